The Morgan fingerprint density at radius 2 is 2.04 bits per heavy atom. The van der Waals surface area contributed by atoms with E-state index in [1.807, 2.05) is 55.3 Å². The van der Waals surface area contributed by atoms with Gasteiger partial charge in [0.25, 0.3) is 0 Å². The maximum atomic E-state index is 12.2. The van der Waals surface area contributed by atoms with Crippen molar-refractivity contribution in [1.29, 1.82) is 0 Å². The molecule has 4 nitrogen and oxygen atoms in total. The molecule has 1 heterocycles. The van der Waals surface area contributed by atoms with E-state index in [4.69, 9.17) is 4.74 Å². The second-order valence-corrected chi connectivity index (χ2v) is 6.47. The molecule has 0 saturated carbocycles. The van der Waals surface area contributed by atoms with Crippen LogP contribution in [0.25, 0.3) is 0 Å². The molecular weight excluding hydrogens is 308 g/mol. The first-order valence-electron chi connectivity index (χ1n) is 7.85. The molecule has 5 heteroatoms. The lowest BCUT2D eigenvalue weighted by molar-refractivity contribution is -0.125. The zero-order valence-corrected chi connectivity index (χ0v) is 14.5. The molecule has 1 aromatic carbocycles. The molecule has 0 fully saturated rings. The lowest BCUT2D eigenvalue weighted by Crippen LogP contribution is -2.45. The zero-order chi connectivity index (χ0) is 16.5. The molecule has 124 valence electrons. The van der Waals surface area contributed by atoms with E-state index in [1.165, 1.54) is 4.88 Å². The van der Waals surface area contributed by atoms with Gasteiger partial charge in [-0.05, 0) is 44.0 Å². The van der Waals surface area contributed by atoms with Crippen LogP contribution in [0.2, 0.25) is 0 Å². The van der Waals surface area contributed by atoms with Gasteiger partial charge in [-0.15, -0.1) is 11.3 Å². The summed E-state index contributed by atoms with van der Waals surface area (Å²) >= 11 is 1.72. The standard InChI is InChI=1S/C18H24N2O2S/c1-15(18(21)19-11-10-17-9-6-14-23-17)20(2)12-13-22-16-7-4-3-5-8-16/h3-9,14-15H,10-13H2,1-2H3,(H,19,21). The molecule has 1 amide bonds. The van der Waals surface area contributed by atoms with Gasteiger partial charge in [-0.2, -0.15) is 0 Å². The average molecular weight is 332 g/mol. The number of hydrogen-bond acceptors (Lipinski definition) is 4. The van der Waals surface area contributed by atoms with E-state index in [1.54, 1.807) is 11.3 Å². The fourth-order valence-corrected chi connectivity index (χ4v) is 2.84. The first-order valence-corrected chi connectivity index (χ1v) is 8.73. The number of nitrogens with zero attached hydrogens (tertiary/aromatic N) is 1. The van der Waals surface area contributed by atoms with Gasteiger partial charge < -0.3 is 10.1 Å². The van der Waals surface area contributed by atoms with Crippen molar-refractivity contribution in [2.75, 3.05) is 26.7 Å². The summed E-state index contributed by atoms with van der Waals surface area (Å²) in [4.78, 5) is 15.5. The van der Waals surface area contributed by atoms with E-state index in [9.17, 15) is 4.79 Å². The van der Waals surface area contributed by atoms with E-state index in [2.05, 4.69) is 16.8 Å². The van der Waals surface area contributed by atoms with Crippen molar-refractivity contribution in [3.63, 3.8) is 0 Å². The molecule has 2 aromatic rings. The van der Waals surface area contributed by atoms with Crippen LogP contribution in [0.15, 0.2) is 47.8 Å². The zero-order valence-electron chi connectivity index (χ0n) is 13.7. The monoisotopic (exact) mass is 332 g/mol. The number of carbonyl (C=O) groups excluding carboxylic acids is 1. The van der Waals surface area contributed by atoms with Crippen molar-refractivity contribution in [3.05, 3.63) is 52.7 Å². The summed E-state index contributed by atoms with van der Waals surface area (Å²) in [5.41, 5.74) is 0. The maximum Gasteiger partial charge on any atom is 0.237 e. The van der Waals surface area contributed by atoms with Crippen molar-refractivity contribution in [1.82, 2.24) is 10.2 Å². The second kappa shape index (κ2) is 9.33. The van der Waals surface area contributed by atoms with Gasteiger partial charge in [-0.3, -0.25) is 9.69 Å². The average Bonchev–Trinajstić information content (AvgIpc) is 3.08. The van der Waals surface area contributed by atoms with Gasteiger partial charge in [0.05, 0.1) is 6.04 Å². The van der Waals surface area contributed by atoms with Gasteiger partial charge in [-0.1, -0.05) is 24.3 Å². The molecule has 0 radical (unpaired) electrons. The molecule has 1 N–H and O–H groups in total. The molecule has 23 heavy (non-hydrogen) atoms. The first kappa shape index (κ1) is 17.5. The van der Waals surface area contributed by atoms with Crippen molar-refractivity contribution < 1.29 is 9.53 Å². The molecule has 0 aliphatic heterocycles. The van der Waals surface area contributed by atoms with Crippen LogP contribution < -0.4 is 10.1 Å². The lowest BCUT2D eigenvalue weighted by Gasteiger charge is -2.23. The smallest absolute Gasteiger partial charge is 0.237 e. The van der Waals surface area contributed by atoms with Crippen molar-refractivity contribution in [3.8, 4) is 5.75 Å². The van der Waals surface area contributed by atoms with Crippen LogP contribution in [-0.2, 0) is 11.2 Å². The number of thiophene rings is 1. The number of nitrogens with one attached hydrogen (secondary N) is 1. The summed E-state index contributed by atoms with van der Waals surface area (Å²) in [5, 5.41) is 5.05. The third-order valence-corrected chi connectivity index (χ3v) is 4.68. The molecule has 1 unspecified atom stereocenters. The van der Waals surface area contributed by atoms with E-state index in [0.717, 1.165) is 12.2 Å². The van der Waals surface area contributed by atoms with Crippen molar-refractivity contribution >= 4 is 17.2 Å². The quantitative estimate of drug-likeness (QED) is 0.768. The Morgan fingerprint density at radius 3 is 2.74 bits per heavy atom. The van der Waals surface area contributed by atoms with Crippen LogP contribution in [0, 0.1) is 0 Å². The van der Waals surface area contributed by atoms with Crippen LogP contribution >= 0.6 is 11.3 Å². The fourth-order valence-electron chi connectivity index (χ4n) is 2.13. The Morgan fingerprint density at radius 1 is 1.26 bits per heavy atom. The van der Waals surface area contributed by atoms with Crippen LogP contribution in [0.1, 0.15) is 11.8 Å². The van der Waals surface area contributed by atoms with E-state index >= 15 is 0 Å². The highest BCUT2D eigenvalue weighted by Gasteiger charge is 2.17. The summed E-state index contributed by atoms with van der Waals surface area (Å²) < 4.78 is 5.66. The second-order valence-electron chi connectivity index (χ2n) is 5.44. The number of para-hydroxylation sites is 1. The molecule has 0 bridgehead atoms. The molecule has 0 aliphatic rings. The van der Waals surface area contributed by atoms with Gasteiger partial charge in [0, 0.05) is 18.0 Å². The Bertz CT molecular complexity index is 572. The van der Waals surface area contributed by atoms with E-state index in [-0.39, 0.29) is 11.9 Å². The Balaban J connectivity index is 1.64. The largest absolute Gasteiger partial charge is 0.492 e. The summed E-state index contributed by atoms with van der Waals surface area (Å²) in [5.74, 6) is 0.915. The van der Waals surface area contributed by atoms with Crippen molar-refractivity contribution in [2.45, 2.75) is 19.4 Å². The topological polar surface area (TPSA) is 41.6 Å². The predicted octanol–water partition coefficient (Wildman–Crippen LogP) is 2.81. The van der Waals surface area contributed by atoms with Gasteiger partial charge in [0.2, 0.25) is 5.91 Å². The molecule has 0 spiro atoms. The van der Waals surface area contributed by atoms with E-state index in [0.29, 0.717) is 19.7 Å². The van der Waals surface area contributed by atoms with Crippen LogP contribution in [0.5, 0.6) is 5.75 Å². The number of ether oxygens (including phenoxy) is 1. The minimum absolute atomic E-state index is 0.0590. The van der Waals surface area contributed by atoms with Crippen molar-refractivity contribution in [2.24, 2.45) is 0 Å². The lowest BCUT2D eigenvalue weighted by atomic mass is 10.2. The molecule has 1 atom stereocenters. The highest BCUT2D eigenvalue weighted by atomic mass is 32.1. The third-order valence-electron chi connectivity index (χ3n) is 3.75. The number of amides is 1. The Hall–Kier alpha value is -1.85. The van der Waals surface area contributed by atoms with Crippen LogP contribution in [0.3, 0.4) is 0 Å². The molecule has 1 aromatic heterocycles. The number of benzene rings is 1. The SMILES string of the molecule is CC(C(=O)NCCc1cccs1)N(C)CCOc1ccccc1. The van der Waals surface area contributed by atoms with Gasteiger partial charge in [-0.25, -0.2) is 0 Å². The number of likely N-dealkylation sites (N-methyl/N-ethyl adjacent to an activating group) is 1. The molecule has 0 aliphatic carbocycles. The normalized spacial score (nSPS) is 12.1. The summed E-state index contributed by atoms with van der Waals surface area (Å²) in [6.07, 6.45) is 0.886. The highest BCUT2D eigenvalue weighted by molar-refractivity contribution is 7.09. The summed E-state index contributed by atoms with van der Waals surface area (Å²) in [6, 6.07) is 13.7. The first-order chi connectivity index (χ1) is 11.2. The number of hydrogen-bond donors (Lipinski definition) is 1. The number of rotatable bonds is 9. The van der Waals surface area contributed by atoms with E-state index < -0.39 is 0 Å². The predicted molar refractivity (Wildman–Crippen MR) is 95.1 cm³/mol. The molecular formula is C18H24N2O2S. The number of carbonyl (C=O) groups is 1. The Kier molecular flexibility index (Phi) is 7.10. The highest BCUT2D eigenvalue weighted by Crippen LogP contribution is 2.09. The summed E-state index contributed by atoms with van der Waals surface area (Å²) in [6.45, 7) is 3.86. The third kappa shape index (κ3) is 6.04. The Labute approximate surface area is 142 Å². The maximum absolute atomic E-state index is 12.2. The molecule has 0 saturated heterocycles. The van der Waals surface area contributed by atoms with Gasteiger partial charge in [0.1, 0.15) is 12.4 Å². The van der Waals surface area contributed by atoms with Gasteiger partial charge in [0.15, 0.2) is 0 Å². The van der Waals surface area contributed by atoms with Crippen LogP contribution in [0.4, 0.5) is 0 Å². The molecule has 2 rings (SSSR count). The van der Waals surface area contributed by atoms with Gasteiger partial charge >= 0.3 is 0 Å². The summed E-state index contributed by atoms with van der Waals surface area (Å²) in [7, 11) is 1.94. The fraction of sp³-hybridized carbons (Fsp3) is 0.389. The van der Waals surface area contributed by atoms with Crippen LogP contribution in [-0.4, -0.2) is 43.6 Å². The minimum atomic E-state index is -0.169. The minimum Gasteiger partial charge on any atom is -0.492 e.